The Morgan fingerprint density at radius 2 is 1.59 bits per heavy atom. The summed E-state index contributed by atoms with van der Waals surface area (Å²) in [6, 6.07) is 17.1. The largest absolute Gasteiger partial charge is 0.508 e. The Balaban J connectivity index is 1.28. The van der Waals surface area contributed by atoms with E-state index < -0.39 is 5.60 Å². The summed E-state index contributed by atoms with van der Waals surface area (Å²) in [6.07, 6.45) is 2.79. The van der Waals surface area contributed by atoms with E-state index in [4.69, 9.17) is 0 Å². The topological polar surface area (TPSA) is 60.8 Å². The molecule has 2 fully saturated rings. The van der Waals surface area contributed by atoms with E-state index in [-0.39, 0.29) is 11.5 Å². The van der Waals surface area contributed by atoms with Gasteiger partial charge in [0.15, 0.2) is 5.78 Å². The standard InChI is InChI=1S/C23H27NO3/c25-21-8-6-17(7-9-21)10-22(26)16-24-14-19-12-23(27,13-20(19)15-24)11-18-4-2-1-3-5-18/h1-9,19-20,25,27H,10-16H2/t19-,20?,23?/m0/s1. The molecule has 1 aliphatic carbocycles. The quantitative estimate of drug-likeness (QED) is 0.826. The maximum absolute atomic E-state index is 12.4. The van der Waals surface area contributed by atoms with E-state index in [1.807, 2.05) is 18.2 Å². The Morgan fingerprint density at radius 3 is 2.22 bits per heavy atom. The van der Waals surface area contributed by atoms with Crippen LogP contribution in [0.15, 0.2) is 54.6 Å². The zero-order chi connectivity index (χ0) is 18.9. The van der Waals surface area contributed by atoms with E-state index in [1.165, 1.54) is 5.56 Å². The van der Waals surface area contributed by atoms with Gasteiger partial charge in [-0.15, -0.1) is 0 Å². The third-order valence-electron chi connectivity index (χ3n) is 6.05. The van der Waals surface area contributed by atoms with Crippen LogP contribution in [0.1, 0.15) is 24.0 Å². The molecule has 0 bridgehead atoms. The minimum atomic E-state index is -0.598. The number of rotatable bonds is 6. The Labute approximate surface area is 160 Å². The SMILES string of the molecule is O=C(Cc1ccc(O)cc1)CN1CC2CC(O)(Cc3ccccc3)C[C@H]2C1. The van der Waals surface area contributed by atoms with Gasteiger partial charge in [-0.05, 0) is 47.9 Å². The lowest BCUT2D eigenvalue weighted by Gasteiger charge is -2.26. The van der Waals surface area contributed by atoms with Crippen molar-refractivity contribution in [3.63, 3.8) is 0 Å². The number of ketones is 1. The molecule has 142 valence electrons. The number of nitrogens with zero attached hydrogens (tertiary/aromatic N) is 1. The smallest absolute Gasteiger partial charge is 0.151 e. The molecule has 0 amide bonds. The third kappa shape index (κ3) is 4.40. The van der Waals surface area contributed by atoms with E-state index in [9.17, 15) is 15.0 Å². The van der Waals surface area contributed by atoms with Crippen LogP contribution in [0, 0.1) is 11.8 Å². The van der Waals surface area contributed by atoms with Gasteiger partial charge in [0.1, 0.15) is 5.75 Å². The Hall–Kier alpha value is -2.17. The van der Waals surface area contributed by atoms with Gasteiger partial charge in [0.2, 0.25) is 0 Å². The summed E-state index contributed by atoms with van der Waals surface area (Å²) in [5.41, 5.74) is 1.54. The minimum Gasteiger partial charge on any atom is -0.508 e. The summed E-state index contributed by atoms with van der Waals surface area (Å²) in [6.45, 7) is 2.29. The molecule has 4 nitrogen and oxygen atoms in total. The molecule has 27 heavy (non-hydrogen) atoms. The molecule has 0 radical (unpaired) electrons. The molecule has 2 aromatic carbocycles. The number of carbonyl (C=O) groups excluding carboxylic acids is 1. The zero-order valence-corrected chi connectivity index (χ0v) is 15.6. The summed E-state index contributed by atoms with van der Waals surface area (Å²) >= 11 is 0. The maximum Gasteiger partial charge on any atom is 0.151 e. The van der Waals surface area contributed by atoms with Crippen molar-refractivity contribution in [3.05, 3.63) is 65.7 Å². The molecule has 2 N–H and O–H groups in total. The molecule has 1 saturated heterocycles. The first-order chi connectivity index (χ1) is 13.0. The van der Waals surface area contributed by atoms with Crippen molar-refractivity contribution in [2.45, 2.75) is 31.3 Å². The predicted octanol–water partition coefficient (Wildman–Crippen LogP) is 2.82. The molecule has 0 spiro atoms. The second-order valence-electron chi connectivity index (χ2n) is 8.39. The average molecular weight is 365 g/mol. The molecule has 1 saturated carbocycles. The molecular formula is C23H27NO3. The van der Waals surface area contributed by atoms with Crippen molar-refractivity contribution in [3.8, 4) is 5.75 Å². The van der Waals surface area contributed by atoms with Gasteiger partial charge >= 0.3 is 0 Å². The molecule has 1 aliphatic heterocycles. The fourth-order valence-corrected chi connectivity index (χ4v) is 4.95. The van der Waals surface area contributed by atoms with Crippen LogP contribution in [0.4, 0.5) is 0 Å². The molecule has 4 heteroatoms. The second-order valence-corrected chi connectivity index (χ2v) is 8.39. The number of hydrogen-bond acceptors (Lipinski definition) is 4. The van der Waals surface area contributed by atoms with Crippen LogP contribution in [-0.4, -0.2) is 46.1 Å². The monoisotopic (exact) mass is 365 g/mol. The highest BCUT2D eigenvalue weighted by atomic mass is 16.3. The number of likely N-dealkylation sites (tertiary alicyclic amines) is 1. The first kappa shape index (κ1) is 18.2. The normalized spacial score (nSPS) is 27.6. The Morgan fingerprint density at radius 1 is 0.963 bits per heavy atom. The lowest BCUT2D eigenvalue weighted by molar-refractivity contribution is -0.119. The van der Waals surface area contributed by atoms with Gasteiger partial charge in [-0.2, -0.15) is 0 Å². The molecule has 2 unspecified atom stereocenters. The molecule has 2 aromatic rings. The summed E-state index contributed by atoms with van der Waals surface area (Å²) in [5.74, 6) is 1.40. The van der Waals surface area contributed by atoms with Crippen molar-refractivity contribution in [2.75, 3.05) is 19.6 Å². The highest BCUT2D eigenvalue weighted by Crippen LogP contribution is 2.45. The molecule has 4 rings (SSSR count). The van der Waals surface area contributed by atoms with Gasteiger partial charge in [0.05, 0.1) is 12.1 Å². The number of aliphatic hydroxyl groups is 1. The van der Waals surface area contributed by atoms with E-state index in [0.717, 1.165) is 37.9 Å². The summed E-state index contributed by atoms with van der Waals surface area (Å²) in [7, 11) is 0. The number of hydrogen-bond donors (Lipinski definition) is 2. The van der Waals surface area contributed by atoms with Crippen molar-refractivity contribution < 1.29 is 15.0 Å². The van der Waals surface area contributed by atoms with Crippen LogP contribution >= 0.6 is 0 Å². The summed E-state index contributed by atoms with van der Waals surface area (Å²) in [4.78, 5) is 14.6. The third-order valence-corrected chi connectivity index (χ3v) is 6.05. The Bertz CT molecular complexity index is 773. The highest BCUT2D eigenvalue weighted by Gasteiger charge is 2.48. The zero-order valence-electron chi connectivity index (χ0n) is 15.6. The number of carbonyl (C=O) groups is 1. The van der Waals surface area contributed by atoms with E-state index in [0.29, 0.717) is 24.8 Å². The average Bonchev–Trinajstić information content (AvgIpc) is 3.11. The van der Waals surface area contributed by atoms with Crippen LogP contribution in [0.5, 0.6) is 5.75 Å². The molecule has 2 aliphatic rings. The van der Waals surface area contributed by atoms with Crippen LogP contribution in [0.2, 0.25) is 0 Å². The van der Waals surface area contributed by atoms with Crippen LogP contribution in [0.25, 0.3) is 0 Å². The lowest BCUT2D eigenvalue weighted by Crippen LogP contribution is -2.34. The van der Waals surface area contributed by atoms with Gasteiger partial charge in [-0.3, -0.25) is 9.69 Å². The highest BCUT2D eigenvalue weighted by molar-refractivity contribution is 5.82. The number of phenols is 1. The molecular weight excluding hydrogens is 338 g/mol. The van der Waals surface area contributed by atoms with Crippen molar-refractivity contribution >= 4 is 5.78 Å². The predicted molar refractivity (Wildman–Crippen MR) is 105 cm³/mol. The van der Waals surface area contributed by atoms with E-state index in [2.05, 4.69) is 17.0 Å². The first-order valence-electron chi connectivity index (χ1n) is 9.77. The van der Waals surface area contributed by atoms with Crippen molar-refractivity contribution in [1.29, 1.82) is 0 Å². The minimum absolute atomic E-state index is 0.209. The number of fused-ring (bicyclic) bond motifs is 1. The number of aromatic hydroxyl groups is 1. The number of benzene rings is 2. The van der Waals surface area contributed by atoms with Gasteiger partial charge in [-0.1, -0.05) is 42.5 Å². The van der Waals surface area contributed by atoms with Gasteiger partial charge < -0.3 is 10.2 Å². The molecule has 1 heterocycles. The first-order valence-corrected chi connectivity index (χ1v) is 9.77. The van der Waals surface area contributed by atoms with Crippen LogP contribution in [-0.2, 0) is 17.6 Å². The van der Waals surface area contributed by atoms with Crippen LogP contribution in [0.3, 0.4) is 0 Å². The lowest BCUT2D eigenvalue weighted by atomic mass is 9.91. The molecule has 0 aromatic heterocycles. The fourth-order valence-electron chi connectivity index (χ4n) is 4.95. The van der Waals surface area contributed by atoms with Crippen LogP contribution < -0.4 is 0 Å². The van der Waals surface area contributed by atoms with Gasteiger partial charge in [0, 0.05) is 25.9 Å². The summed E-state index contributed by atoms with van der Waals surface area (Å²) in [5, 5.41) is 20.4. The van der Waals surface area contributed by atoms with Crippen molar-refractivity contribution in [1.82, 2.24) is 4.90 Å². The Kier molecular flexibility index (Phi) is 5.02. The fraction of sp³-hybridized carbons (Fsp3) is 0.435. The van der Waals surface area contributed by atoms with Crippen molar-refractivity contribution in [2.24, 2.45) is 11.8 Å². The number of Topliss-reactive ketones (excluding diaryl/α,β-unsaturated/α-hetero) is 1. The maximum atomic E-state index is 12.4. The van der Waals surface area contributed by atoms with E-state index in [1.54, 1.807) is 24.3 Å². The summed E-state index contributed by atoms with van der Waals surface area (Å²) < 4.78 is 0. The second kappa shape index (κ2) is 7.45. The van der Waals surface area contributed by atoms with Gasteiger partial charge in [0.25, 0.3) is 0 Å². The molecule has 3 atom stereocenters. The van der Waals surface area contributed by atoms with Gasteiger partial charge in [-0.25, -0.2) is 0 Å². The van der Waals surface area contributed by atoms with E-state index >= 15 is 0 Å². The number of phenolic OH excluding ortho intramolecular Hbond substituents is 1.